The average molecular weight is 328 g/mol. The molecular formula is C18H17FN2OS. The Labute approximate surface area is 138 Å². The molecule has 1 aromatic carbocycles. The van der Waals surface area contributed by atoms with Gasteiger partial charge in [-0.1, -0.05) is 19.1 Å². The normalized spacial score (nSPS) is 20.8. The zero-order chi connectivity index (χ0) is 16.6. The minimum absolute atomic E-state index is 0.0285. The summed E-state index contributed by atoms with van der Waals surface area (Å²) in [7, 11) is 0. The standard InChI is InChI=1S/C18H17FN2OS/c1-3-16-10(2)23-18(21-16)15(9-20)17(22)14-8-13(14)11-5-4-6-12(19)7-11/h4-7,13-15H,3,8H2,1-2H3/t13-,14-,15-/m1/s1. The Morgan fingerprint density at radius 2 is 2.35 bits per heavy atom. The first-order valence-electron chi connectivity index (χ1n) is 7.70. The van der Waals surface area contributed by atoms with E-state index in [1.54, 1.807) is 6.07 Å². The molecule has 0 aliphatic heterocycles. The fraction of sp³-hybridized carbons (Fsp3) is 0.389. The molecule has 0 bridgehead atoms. The number of nitriles is 1. The largest absolute Gasteiger partial charge is 0.297 e. The summed E-state index contributed by atoms with van der Waals surface area (Å²) in [4.78, 5) is 18.2. The number of nitrogens with zero attached hydrogens (tertiary/aromatic N) is 2. The van der Waals surface area contributed by atoms with Gasteiger partial charge in [-0.2, -0.15) is 5.26 Å². The lowest BCUT2D eigenvalue weighted by Gasteiger charge is -2.05. The minimum Gasteiger partial charge on any atom is -0.297 e. The number of thiazole rings is 1. The molecule has 1 aromatic heterocycles. The van der Waals surface area contributed by atoms with Crippen molar-refractivity contribution in [3.8, 4) is 6.07 Å². The fourth-order valence-corrected chi connectivity index (χ4v) is 4.04. The van der Waals surface area contributed by atoms with Gasteiger partial charge in [0, 0.05) is 10.8 Å². The predicted octanol–water partition coefficient (Wildman–Crippen LogP) is 4.13. The fourth-order valence-electron chi connectivity index (χ4n) is 2.97. The lowest BCUT2D eigenvalue weighted by atomic mass is 9.99. The second-order valence-corrected chi connectivity index (χ2v) is 7.11. The van der Waals surface area contributed by atoms with E-state index in [9.17, 15) is 14.4 Å². The van der Waals surface area contributed by atoms with Crippen LogP contribution >= 0.6 is 11.3 Å². The molecule has 23 heavy (non-hydrogen) atoms. The minimum atomic E-state index is -0.803. The molecule has 1 fully saturated rings. The molecule has 0 amide bonds. The van der Waals surface area contributed by atoms with Crippen LogP contribution in [0, 0.1) is 30.0 Å². The Hall–Kier alpha value is -2.06. The van der Waals surface area contributed by atoms with Gasteiger partial charge < -0.3 is 0 Å². The van der Waals surface area contributed by atoms with E-state index in [-0.39, 0.29) is 23.4 Å². The van der Waals surface area contributed by atoms with Crippen LogP contribution in [0.5, 0.6) is 0 Å². The number of carbonyl (C=O) groups is 1. The van der Waals surface area contributed by atoms with E-state index >= 15 is 0 Å². The number of carbonyl (C=O) groups excluding carboxylic acids is 1. The summed E-state index contributed by atoms with van der Waals surface area (Å²) in [5.74, 6) is -1.35. The molecule has 1 aliphatic carbocycles. The molecule has 0 N–H and O–H groups in total. The van der Waals surface area contributed by atoms with Gasteiger partial charge in [-0.25, -0.2) is 9.37 Å². The van der Waals surface area contributed by atoms with Crippen LogP contribution in [-0.4, -0.2) is 10.8 Å². The smallest absolute Gasteiger partial charge is 0.160 e. The Bertz CT molecular complexity index is 793. The van der Waals surface area contributed by atoms with Crippen LogP contribution in [0.4, 0.5) is 4.39 Å². The average Bonchev–Trinajstić information content (AvgIpc) is 3.25. The molecular weight excluding hydrogens is 311 g/mol. The summed E-state index contributed by atoms with van der Waals surface area (Å²) < 4.78 is 13.3. The number of hydrogen-bond acceptors (Lipinski definition) is 4. The van der Waals surface area contributed by atoms with Gasteiger partial charge in [0.1, 0.15) is 10.8 Å². The molecule has 0 saturated heterocycles. The monoisotopic (exact) mass is 328 g/mol. The Kier molecular flexibility index (Phi) is 4.27. The summed E-state index contributed by atoms with van der Waals surface area (Å²) in [6, 6.07) is 8.48. The van der Waals surface area contributed by atoms with E-state index < -0.39 is 5.92 Å². The van der Waals surface area contributed by atoms with E-state index in [1.165, 1.54) is 23.5 Å². The number of Topliss-reactive ketones (excluding diaryl/α,β-unsaturated/α-hetero) is 1. The van der Waals surface area contributed by atoms with E-state index in [1.807, 2.05) is 19.9 Å². The summed E-state index contributed by atoms with van der Waals surface area (Å²) in [6.07, 6.45) is 1.48. The second-order valence-electron chi connectivity index (χ2n) is 5.88. The molecule has 5 heteroatoms. The molecule has 3 atom stereocenters. The van der Waals surface area contributed by atoms with E-state index in [4.69, 9.17) is 0 Å². The first kappa shape index (κ1) is 15.8. The number of aryl methyl sites for hydroxylation is 2. The van der Waals surface area contributed by atoms with Crippen molar-refractivity contribution in [3.05, 3.63) is 51.2 Å². The maximum absolute atomic E-state index is 13.3. The maximum Gasteiger partial charge on any atom is 0.160 e. The molecule has 2 aromatic rings. The predicted molar refractivity (Wildman–Crippen MR) is 86.8 cm³/mol. The van der Waals surface area contributed by atoms with Gasteiger partial charge in [0.15, 0.2) is 11.7 Å². The van der Waals surface area contributed by atoms with Gasteiger partial charge in [-0.15, -0.1) is 11.3 Å². The van der Waals surface area contributed by atoms with Gasteiger partial charge in [-0.3, -0.25) is 4.79 Å². The molecule has 0 radical (unpaired) electrons. The Morgan fingerprint density at radius 3 is 2.96 bits per heavy atom. The zero-order valence-corrected chi connectivity index (χ0v) is 13.9. The van der Waals surface area contributed by atoms with Crippen LogP contribution in [-0.2, 0) is 11.2 Å². The summed E-state index contributed by atoms with van der Waals surface area (Å²) >= 11 is 1.43. The lowest BCUT2D eigenvalue weighted by Crippen LogP contribution is -2.13. The van der Waals surface area contributed by atoms with E-state index in [2.05, 4.69) is 11.1 Å². The number of ketones is 1. The third-order valence-corrected chi connectivity index (χ3v) is 5.42. The SMILES string of the molecule is CCc1nc([C@H](C#N)C(=O)[C@@H]2C[C@@H]2c2cccc(F)c2)sc1C. The molecule has 1 heterocycles. The Morgan fingerprint density at radius 1 is 1.57 bits per heavy atom. The van der Waals surface area contributed by atoms with Gasteiger partial charge in [0.05, 0.1) is 11.8 Å². The highest BCUT2D eigenvalue weighted by molar-refractivity contribution is 7.11. The molecule has 1 aliphatic rings. The van der Waals surface area contributed by atoms with Gasteiger partial charge in [0.2, 0.25) is 0 Å². The highest BCUT2D eigenvalue weighted by atomic mass is 32.1. The molecule has 3 rings (SSSR count). The number of hydrogen-bond donors (Lipinski definition) is 0. The lowest BCUT2D eigenvalue weighted by molar-refractivity contribution is -0.120. The van der Waals surface area contributed by atoms with Gasteiger partial charge >= 0.3 is 0 Å². The van der Waals surface area contributed by atoms with Crippen molar-refractivity contribution in [2.24, 2.45) is 5.92 Å². The highest BCUT2D eigenvalue weighted by Crippen LogP contribution is 2.50. The van der Waals surface area contributed by atoms with Crippen LogP contribution < -0.4 is 0 Å². The molecule has 3 nitrogen and oxygen atoms in total. The van der Waals surface area contributed by atoms with Crippen LogP contribution in [0.15, 0.2) is 24.3 Å². The highest BCUT2D eigenvalue weighted by Gasteiger charge is 2.47. The van der Waals surface area contributed by atoms with Crippen LogP contribution in [0.2, 0.25) is 0 Å². The van der Waals surface area contributed by atoms with Crippen molar-refractivity contribution < 1.29 is 9.18 Å². The van der Waals surface area contributed by atoms with Crippen molar-refractivity contribution in [3.63, 3.8) is 0 Å². The van der Waals surface area contributed by atoms with Crippen LogP contribution in [0.1, 0.15) is 46.3 Å². The van der Waals surface area contributed by atoms with Crippen LogP contribution in [0.25, 0.3) is 0 Å². The van der Waals surface area contributed by atoms with E-state index in [0.717, 1.165) is 22.6 Å². The molecule has 1 saturated carbocycles. The van der Waals surface area contributed by atoms with Crippen molar-refractivity contribution in [1.82, 2.24) is 4.98 Å². The number of benzene rings is 1. The molecule has 0 unspecified atom stereocenters. The van der Waals surface area contributed by atoms with Crippen molar-refractivity contribution >= 4 is 17.1 Å². The van der Waals surface area contributed by atoms with Crippen molar-refractivity contribution in [1.29, 1.82) is 5.26 Å². The van der Waals surface area contributed by atoms with Crippen molar-refractivity contribution in [2.45, 2.75) is 38.5 Å². The molecule has 118 valence electrons. The van der Waals surface area contributed by atoms with Crippen LogP contribution in [0.3, 0.4) is 0 Å². The number of rotatable bonds is 5. The zero-order valence-electron chi connectivity index (χ0n) is 13.0. The van der Waals surface area contributed by atoms with Gasteiger partial charge in [0.25, 0.3) is 0 Å². The quantitative estimate of drug-likeness (QED) is 0.829. The number of halogens is 1. The topological polar surface area (TPSA) is 53.8 Å². The third kappa shape index (κ3) is 3.04. The molecule has 0 spiro atoms. The summed E-state index contributed by atoms with van der Waals surface area (Å²) in [5, 5.41) is 10.0. The van der Waals surface area contributed by atoms with Crippen molar-refractivity contribution in [2.75, 3.05) is 0 Å². The van der Waals surface area contributed by atoms with Gasteiger partial charge in [-0.05, 0) is 43.4 Å². The third-order valence-electron chi connectivity index (χ3n) is 4.34. The number of aromatic nitrogens is 1. The summed E-state index contributed by atoms with van der Waals surface area (Å²) in [5.41, 5.74) is 1.79. The second kappa shape index (κ2) is 6.21. The first-order chi connectivity index (χ1) is 11.0. The summed E-state index contributed by atoms with van der Waals surface area (Å²) in [6.45, 7) is 3.97. The first-order valence-corrected chi connectivity index (χ1v) is 8.51. The van der Waals surface area contributed by atoms with E-state index in [0.29, 0.717) is 11.4 Å². The maximum atomic E-state index is 13.3. The Balaban J connectivity index is 1.78.